The average molecular weight is 346 g/mol. The van der Waals surface area contributed by atoms with E-state index in [0.29, 0.717) is 28.3 Å². The molecule has 3 rings (SSSR count). The summed E-state index contributed by atoms with van der Waals surface area (Å²) in [6, 6.07) is 20.5. The van der Waals surface area contributed by atoms with E-state index in [1.807, 2.05) is 19.1 Å². The van der Waals surface area contributed by atoms with Gasteiger partial charge in [-0.1, -0.05) is 29.8 Å². The fourth-order valence-corrected chi connectivity index (χ4v) is 2.46. The Bertz CT molecular complexity index is 892. The number of amides is 1. The lowest BCUT2D eigenvalue weighted by Crippen LogP contribution is -2.12. The van der Waals surface area contributed by atoms with Crippen LogP contribution in [0.15, 0.2) is 72.8 Å². The van der Waals surface area contributed by atoms with Gasteiger partial charge in [-0.3, -0.25) is 4.79 Å². The molecule has 3 N–H and O–H groups in total. The fourth-order valence-electron chi connectivity index (χ4n) is 2.46. The Morgan fingerprint density at radius 3 is 2.38 bits per heavy atom. The number of nitrogens with one attached hydrogen (secondary N) is 1. The van der Waals surface area contributed by atoms with Gasteiger partial charge in [0.15, 0.2) is 0 Å². The first kappa shape index (κ1) is 17.2. The number of nitrogen functional groups attached to an aromatic ring is 1. The molecule has 0 saturated carbocycles. The van der Waals surface area contributed by atoms with Gasteiger partial charge in [-0.25, -0.2) is 4.79 Å². The number of rotatable bonds is 4. The molecule has 0 spiro atoms. The summed E-state index contributed by atoms with van der Waals surface area (Å²) in [7, 11) is 0. The largest absolute Gasteiger partial charge is 0.423 e. The van der Waals surface area contributed by atoms with Crippen LogP contribution in [0.3, 0.4) is 0 Å². The van der Waals surface area contributed by atoms with Crippen LogP contribution in [0.2, 0.25) is 0 Å². The van der Waals surface area contributed by atoms with Crippen LogP contribution in [-0.2, 0) is 0 Å². The number of ether oxygens (including phenoxy) is 1. The lowest BCUT2D eigenvalue weighted by molar-refractivity contribution is 0.0735. The Morgan fingerprint density at radius 1 is 0.885 bits per heavy atom. The highest BCUT2D eigenvalue weighted by molar-refractivity contribution is 6.04. The summed E-state index contributed by atoms with van der Waals surface area (Å²) in [5.41, 5.74) is 8.63. The molecule has 0 fully saturated rings. The van der Waals surface area contributed by atoms with Gasteiger partial charge >= 0.3 is 5.97 Å². The molecule has 0 unspecified atom stereocenters. The van der Waals surface area contributed by atoms with Gasteiger partial charge in [-0.15, -0.1) is 0 Å². The standard InChI is InChI=1S/C21H18N2O3/c1-14-5-2-6-15(11-14)20(24)23-18-9-4-10-19(13-18)26-21(25)16-7-3-8-17(22)12-16/h2-13H,22H2,1H3,(H,23,24). The Kier molecular flexibility index (Phi) is 4.99. The maximum atomic E-state index is 12.3. The summed E-state index contributed by atoms with van der Waals surface area (Å²) in [6.45, 7) is 1.92. The van der Waals surface area contributed by atoms with Crippen LogP contribution in [0.4, 0.5) is 11.4 Å². The van der Waals surface area contributed by atoms with E-state index in [2.05, 4.69) is 5.32 Å². The van der Waals surface area contributed by atoms with Crippen LogP contribution < -0.4 is 15.8 Å². The van der Waals surface area contributed by atoms with Crippen molar-refractivity contribution in [2.75, 3.05) is 11.1 Å². The summed E-state index contributed by atoms with van der Waals surface area (Å²) in [6.07, 6.45) is 0. The summed E-state index contributed by atoms with van der Waals surface area (Å²) < 4.78 is 5.36. The molecule has 0 aliphatic carbocycles. The molecule has 130 valence electrons. The van der Waals surface area contributed by atoms with E-state index >= 15 is 0 Å². The number of carbonyl (C=O) groups is 2. The summed E-state index contributed by atoms with van der Waals surface area (Å²) in [5, 5.41) is 2.80. The second-order valence-corrected chi connectivity index (χ2v) is 5.87. The van der Waals surface area contributed by atoms with Crippen LogP contribution in [0.1, 0.15) is 26.3 Å². The van der Waals surface area contributed by atoms with Crippen molar-refractivity contribution in [1.29, 1.82) is 0 Å². The third-order valence-corrected chi connectivity index (χ3v) is 3.71. The van der Waals surface area contributed by atoms with Crippen LogP contribution in [0.5, 0.6) is 5.75 Å². The molecule has 0 aliphatic rings. The number of carbonyl (C=O) groups excluding carboxylic acids is 2. The molecular weight excluding hydrogens is 328 g/mol. The van der Waals surface area contributed by atoms with Crippen molar-refractivity contribution in [3.05, 3.63) is 89.5 Å². The highest BCUT2D eigenvalue weighted by Gasteiger charge is 2.11. The van der Waals surface area contributed by atoms with Gasteiger partial charge in [0.25, 0.3) is 5.91 Å². The number of hydrogen-bond donors (Lipinski definition) is 2. The zero-order chi connectivity index (χ0) is 18.5. The minimum Gasteiger partial charge on any atom is -0.423 e. The van der Waals surface area contributed by atoms with Gasteiger partial charge in [0.2, 0.25) is 0 Å². The van der Waals surface area contributed by atoms with E-state index in [9.17, 15) is 9.59 Å². The zero-order valence-electron chi connectivity index (χ0n) is 14.2. The lowest BCUT2D eigenvalue weighted by Gasteiger charge is -2.09. The van der Waals surface area contributed by atoms with E-state index in [-0.39, 0.29) is 5.91 Å². The summed E-state index contributed by atoms with van der Waals surface area (Å²) in [4.78, 5) is 24.5. The van der Waals surface area contributed by atoms with Gasteiger partial charge < -0.3 is 15.8 Å². The van der Waals surface area contributed by atoms with Crippen molar-refractivity contribution in [3.63, 3.8) is 0 Å². The van der Waals surface area contributed by atoms with E-state index < -0.39 is 5.97 Å². The Hall–Kier alpha value is -3.60. The Morgan fingerprint density at radius 2 is 1.62 bits per heavy atom. The molecular formula is C21H18N2O3. The minimum atomic E-state index is -0.514. The third kappa shape index (κ3) is 4.27. The molecule has 0 saturated heterocycles. The topological polar surface area (TPSA) is 81.4 Å². The highest BCUT2D eigenvalue weighted by Crippen LogP contribution is 2.20. The van der Waals surface area contributed by atoms with Crippen LogP contribution in [0.25, 0.3) is 0 Å². The highest BCUT2D eigenvalue weighted by atomic mass is 16.5. The predicted molar refractivity (Wildman–Crippen MR) is 101 cm³/mol. The normalized spacial score (nSPS) is 10.2. The molecule has 3 aromatic rings. The van der Waals surface area contributed by atoms with Crippen molar-refractivity contribution in [1.82, 2.24) is 0 Å². The van der Waals surface area contributed by atoms with Crippen molar-refractivity contribution < 1.29 is 14.3 Å². The lowest BCUT2D eigenvalue weighted by atomic mass is 10.1. The quantitative estimate of drug-likeness (QED) is 0.424. The summed E-state index contributed by atoms with van der Waals surface area (Å²) >= 11 is 0. The first-order chi connectivity index (χ1) is 12.5. The van der Waals surface area contributed by atoms with Gasteiger partial charge in [-0.05, 0) is 49.4 Å². The number of aryl methyl sites for hydroxylation is 1. The van der Waals surface area contributed by atoms with Crippen molar-refractivity contribution in [2.24, 2.45) is 0 Å². The number of nitrogens with two attached hydrogens (primary N) is 1. The molecule has 0 bridgehead atoms. The smallest absolute Gasteiger partial charge is 0.343 e. The molecule has 0 aromatic heterocycles. The SMILES string of the molecule is Cc1cccc(C(=O)Nc2cccc(OC(=O)c3cccc(N)c3)c2)c1. The monoisotopic (exact) mass is 346 g/mol. The van der Waals surface area contributed by atoms with E-state index in [1.54, 1.807) is 60.7 Å². The molecule has 5 heteroatoms. The third-order valence-electron chi connectivity index (χ3n) is 3.71. The molecule has 0 aliphatic heterocycles. The van der Waals surface area contributed by atoms with Gasteiger partial charge in [0, 0.05) is 23.0 Å². The van der Waals surface area contributed by atoms with E-state index in [4.69, 9.17) is 10.5 Å². The van der Waals surface area contributed by atoms with Gasteiger partial charge in [-0.2, -0.15) is 0 Å². The van der Waals surface area contributed by atoms with E-state index in [0.717, 1.165) is 5.56 Å². The fraction of sp³-hybridized carbons (Fsp3) is 0.0476. The van der Waals surface area contributed by atoms with Crippen LogP contribution >= 0.6 is 0 Å². The van der Waals surface area contributed by atoms with E-state index in [1.165, 1.54) is 0 Å². The maximum absolute atomic E-state index is 12.3. The summed E-state index contributed by atoms with van der Waals surface area (Å²) in [5.74, 6) is -0.410. The van der Waals surface area contributed by atoms with Crippen molar-refractivity contribution >= 4 is 23.3 Å². The van der Waals surface area contributed by atoms with Crippen LogP contribution in [0, 0.1) is 6.92 Å². The first-order valence-electron chi connectivity index (χ1n) is 8.07. The molecule has 0 radical (unpaired) electrons. The molecule has 1 amide bonds. The molecule has 5 nitrogen and oxygen atoms in total. The number of benzene rings is 3. The van der Waals surface area contributed by atoms with Gasteiger partial charge in [0.1, 0.15) is 5.75 Å². The average Bonchev–Trinajstić information content (AvgIpc) is 2.62. The minimum absolute atomic E-state index is 0.229. The predicted octanol–water partition coefficient (Wildman–Crippen LogP) is 4.05. The van der Waals surface area contributed by atoms with Gasteiger partial charge in [0.05, 0.1) is 5.56 Å². The Labute approximate surface area is 151 Å². The maximum Gasteiger partial charge on any atom is 0.343 e. The second kappa shape index (κ2) is 7.53. The number of esters is 1. The zero-order valence-corrected chi connectivity index (χ0v) is 14.2. The molecule has 0 atom stereocenters. The Balaban J connectivity index is 1.72. The van der Waals surface area contributed by atoms with Crippen LogP contribution in [-0.4, -0.2) is 11.9 Å². The number of hydrogen-bond acceptors (Lipinski definition) is 4. The molecule has 26 heavy (non-hydrogen) atoms. The molecule has 3 aromatic carbocycles. The second-order valence-electron chi connectivity index (χ2n) is 5.87. The first-order valence-corrected chi connectivity index (χ1v) is 8.07. The van der Waals surface area contributed by atoms with Crippen molar-refractivity contribution in [2.45, 2.75) is 6.92 Å². The molecule has 0 heterocycles. The number of anilines is 2. The van der Waals surface area contributed by atoms with Crippen molar-refractivity contribution in [3.8, 4) is 5.75 Å².